The number of ether oxygens (including phenoxy) is 1. The fraction of sp³-hybridized carbons (Fsp3) is 0.480. The highest BCUT2D eigenvalue weighted by Gasteiger charge is 2.19. The number of pyridine rings is 1. The fourth-order valence-corrected chi connectivity index (χ4v) is 3.63. The van der Waals surface area contributed by atoms with Gasteiger partial charge in [0.15, 0.2) is 0 Å². The lowest BCUT2D eigenvalue weighted by atomic mass is 10.1. The van der Waals surface area contributed by atoms with Crippen molar-refractivity contribution in [2.75, 3.05) is 39.4 Å². The Bertz CT molecular complexity index is 872. The van der Waals surface area contributed by atoms with Crippen molar-refractivity contribution >= 4 is 11.8 Å². The Balaban J connectivity index is 1.67. The molecule has 1 saturated heterocycles. The van der Waals surface area contributed by atoms with Crippen molar-refractivity contribution in [1.29, 1.82) is 0 Å². The van der Waals surface area contributed by atoms with Gasteiger partial charge in [-0.05, 0) is 69.2 Å². The van der Waals surface area contributed by atoms with Crippen LogP contribution in [0.1, 0.15) is 53.5 Å². The van der Waals surface area contributed by atoms with Gasteiger partial charge in [0, 0.05) is 61.8 Å². The van der Waals surface area contributed by atoms with Crippen molar-refractivity contribution < 1.29 is 14.3 Å². The van der Waals surface area contributed by atoms with Crippen LogP contribution in [0.4, 0.5) is 0 Å². The number of aromatic nitrogens is 1. The molecule has 2 heterocycles. The summed E-state index contributed by atoms with van der Waals surface area (Å²) in [7, 11) is 0. The van der Waals surface area contributed by atoms with Crippen LogP contribution >= 0.6 is 0 Å². The van der Waals surface area contributed by atoms with Gasteiger partial charge in [0.1, 0.15) is 0 Å². The largest absolute Gasteiger partial charge is 0.379 e. The molecule has 0 bridgehead atoms. The van der Waals surface area contributed by atoms with Crippen LogP contribution in [0.5, 0.6) is 0 Å². The summed E-state index contributed by atoms with van der Waals surface area (Å²) in [5.41, 5.74) is 1.86. The van der Waals surface area contributed by atoms with Gasteiger partial charge in [-0.1, -0.05) is 0 Å². The molecule has 0 aliphatic carbocycles. The highest BCUT2D eigenvalue weighted by molar-refractivity contribution is 5.98. The summed E-state index contributed by atoms with van der Waals surface area (Å²) < 4.78 is 5.41. The van der Waals surface area contributed by atoms with E-state index in [4.69, 9.17) is 4.74 Å². The normalized spacial score (nSPS) is 14.7. The molecule has 1 aliphatic rings. The summed E-state index contributed by atoms with van der Waals surface area (Å²) in [4.78, 5) is 34.0. The van der Waals surface area contributed by atoms with Crippen molar-refractivity contribution in [2.24, 2.45) is 0 Å². The number of morpholine rings is 1. The second kappa shape index (κ2) is 11.2. The molecular weight excluding hydrogens is 404 g/mol. The second-order valence-electron chi connectivity index (χ2n) is 9.17. The van der Waals surface area contributed by atoms with Gasteiger partial charge in [0.25, 0.3) is 11.8 Å². The second-order valence-corrected chi connectivity index (χ2v) is 9.17. The molecule has 0 saturated carbocycles. The monoisotopic (exact) mass is 438 g/mol. The molecule has 1 N–H and O–H groups in total. The highest BCUT2D eigenvalue weighted by atomic mass is 16.5. The van der Waals surface area contributed by atoms with Crippen LogP contribution in [-0.4, -0.2) is 71.5 Å². The van der Waals surface area contributed by atoms with Crippen LogP contribution in [0, 0.1) is 0 Å². The van der Waals surface area contributed by atoms with E-state index in [1.807, 2.05) is 37.8 Å². The van der Waals surface area contributed by atoms with E-state index in [0.29, 0.717) is 24.2 Å². The lowest BCUT2D eigenvalue weighted by Gasteiger charge is -2.28. The maximum absolute atomic E-state index is 13.3. The van der Waals surface area contributed by atoms with E-state index in [-0.39, 0.29) is 17.4 Å². The Morgan fingerprint density at radius 2 is 1.66 bits per heavy atom. The third kappa shape index (κ3) is 7.43. The van der Waals surface area contributed by atoms with Crippen LogP contribution < -0.4 is 5.32 Å². The molecule has 1 aromatic carbocycles. The average molecular weight is 439 g/mol. The van der Waals surface area contributed by atoms with Crippen LogP contribution in [0.2, 0.25) is 0 Å². The Morgan fingerprint density at radius 3 is 2.28 bits per heavy atom. The summed E-state index contributed by atoms with van der Waals surface area (Å²) in [6.45, 7) is 11.4. The Hall–Kier alpha value is -2.77. The topological polar surface area (TPSA) is 74.8 Å². The maximum atomic E-state index is 13.3. The Kier molecular flexibility index (Phi) is 8.36. The van der Waals surface area contributed by atoms with Gasteiger partial charge >= 0.3 is 0 Å². The van der Waals surface area contributed by atoms with Crippen molar-refractivity contribution in [3.05, 3.63) is 65.5 Å². The van der Waals surface area contributed by atoms with Crippen LogP contribution in [0.15, 0.2) is 48.8 Å². The molecule has 1 fully saturated rings. The van der Waals surface area contributed by atoms with Gasteiger partial charge in [-0.25, -0.2) is 0 Å². The van der Waals surface area contributed by atoms with Crippen molar-refractivity contribution in [3.63, 3.8) is 0 Å². The van der Waals surface area contributed by atoms with E-state index >= 15 is 0 Å². The lowest BCUT2D eigenvalue weighted by molar-refractivity contribution is 0.0355. The van der Waals surface area contributed by atoms with Crippen molar-refractivity contribution in [3.8, 4) is 0 Å². The maximum Gasteiger partial charge on any atom is 0.254 e. The minimum absolute atomic E-state index is 0.0356. The summed E-state index contributed by atoms with van der Waals surface area (Å²) in [5.74, 6) is -0.178. The standard InChI is InChI=1S/C25H34N4O3/c1-25(2,3)27-23(30)21-5-7-22(8-6-21)24(31)29(19-20-9-11-26-12-10-20)14-4-13-28-15-17-32-18-16-28/h5-12H,4,13-19H2,1-3H3,(H,27,30). The molecule has 0 unspecified atom stereocenters. The first kappa shape index (κ1) is 23.9. The minimum Gasteiger partial charge on any atom is -0.379 e. The summed E-state index contributed by atoms with van der Waals surface area (Å²) >= 11 is 0. The van der Waals surface area contributed by atoms with Crippen molar-refractivity contribution in [1.82, 2.24) is 20.1 Å². The van der Waals surface area contributed by atoms with Crippen LogP contribution in [-0.2, 0) is 11.3 Å². The summed E-state index contributed by atoms with van der Waals surface area (Å²) in [6, 6.07) is 10.8. The van der Waals surface area contributed by atoms with Gasteiger partial charge < -0.3 is 15.0 Å². The number of benzene rings is 1. The van der Waals surface area contributed by atoms with Crippen molar-refractivity contribution in [2.45, 2.75) is 39.3 Å². The predicted octanol–water partition coefficient (Wildman–Crippen LogP) is 2.97. The lowest BCUT2D eigenvalue weighted by Crippen LogP contribution is -2.40. The van der Waals surface area contributed by atoms with Crippen LogP contribution in [0.3, 0.4) is 0 Å². The number of nitrogens with zero attached hydrogens (tertiary/aromatic N) is 3. The summed E-state index contributed by atoms with van der Waals surface area (Å²) in [6.07, 6.45) is 4.38. The third-order valence-electron chi connectivity index (χ3n) is 5.30. The molecule has 172 valence electrons. The average Bonchev–Trinajstić information content (AvgIpc) is 2.78. The third-order valence-corrected chi connectivity index (χ3v) is 5.30. The zero-order chi connectivity index (χ0) is 23.0. The van der Waals surface area contributed by atoms with Gasteiger partial charge in [-0.3, -0.25) is 19.5 Å². The quantitative estimate of drug-likeness (QED) is 0.686. The number of hydrogen-bond acceptors (Lipinski definition) is 5. The molecule has 0 spiro atoms. The molecule has 32 heavy (non-hydrogen) atoms. The number of carbonyl (C=O) groups excluding carboxylic acids is 2. The summed E-state index contributed by atoms with van der Waals surface area (Å²) in [5, 5.41) is 2.94. The van der Waals surface area contributed by atoms with E-state index in [0.717, 1.165) is 44.8 Å². The fourth-order valence-electron chi connectivity index (χ4n) is 3.63. The van der Waals surface area contributed by atoms with Gasteiger partial charge in [0.05, 0.1) is 13.2 Å². The zero-order valence-electron chi connectivity index (χ0n) is 19.3. The molecular formula is C25H34N4O3. The predicted molar refractivity (Wildman–Crippen MR) is 125 cm³/mol. The molecule has 1 aromatic heterocycles. The molecule has 3 rings (SSSR count). The molecule has 7 heteroatoms. The van der Waals surface area contributed by atoms with Gasteiger partial charge in [-0.15, -0.1) is 0 Å². The first-order valence-corrected chi connectivity index (χ1v) is 11.2. The molecule has 2 amide bonds. The smallest absolute Gasteiger partial charge is 0.254 e. The van der Waals surface area contributed by atoms with E-state index in [1.165, 1.54) is 0 Å². The molecule has 7 nitrogen and oxygen atoms in total. The molecule has 1 aliphatic heterocycles. The SMILES string of the molecule is CC(C)(C)NC(=O)c1ccc(C(=O)N(CCCN2CCOCC2)Cc2ccncc2)cc1. The van der Waals surface area contributed by atoms with Gasteiger partial charge in [0.2, 0.25) is 0 Å². The first-order chi connectivity index (χ1) is 15.3. The van der Waals surface area contributed by atoms with Gasteiger partial charge in [-0.2, -0.15) is 0 Å². The highest BCUT2D eigenvalue weighted by Crippen LogP contribution is 2.13. The number of carbonyl (C=O) groups is 2. The zero-order valence-corrected chi connectivity index (χ0v) is 19.3. The van der Waals surface area contributed by atoms with Crippen LogP contribution in [0.25, 0.3) is 0 Å². The molecule has 0 radical (unpaired) electrons. The molecule has 0 atom stereocenters. The number of hydrogen-bond donors (Lipinski definition) is 1. The van der Waals surface area contributed by atoms with E-state index in [1.54, 1.807) is 36.7 Å². The number of nitrogens with one attached hydrogen (secondary N) is 1. The van der Waals surface area contributed by atoms with E-state index in [9.17, 15) is 9.59 Å². The molecule has 2 aromatic rings. The first-order valence-electron chi connectivity index (χ1n) is 11.2. The Labute approximate surface area is 190 Å². The number of rotatable bonds is 8. The minimum atomic E-state index is -0.312. The Morgan fingerprint density at radius 1 is 1.03 bits per heavy atom. The number of amides is 2. The van der Waals surface area contributed by atoms with E-state index < -0.39 is 0 Å². The van der Waals surface area contributed by atoms with E-state index in [2.05, 4.69) is 15.2 Å².